The van der Waals surface area contributed by atoms with Gasteiger partial charge in [0.25, 0.3) is 0 Å². The van der Waals surface area contributed by atoms with Crippen LogP contribution in [0.4, 0.5) is 5.13 Å². The number of Topliss-reactive ketones (excluding diaryl/α,β-unsaturated/α-hetero) is 1. The van der Waals surface area contributed by atoms with Crippen LogP contribution in [-0.2, 0) is 37.6 Å². The molecule has 7 nitrogen and oxygen atoms in total. The number of esters is 1. The molecule has 1 aliphatic heterocycles. The molecule has 4 rings (SSSR count). The maximum atomic E-state index is 13.7. The summed E-state index contributed by atoms with van der Waals surface area (Å²) in [7, 11) is 0. The number of amides is 1. The summed E-state index contributed by atoms with van der Waals surface area (Å²) in [6.07, 6.45) is 1.25. The molecule has 1 aliphatic rings. The number of benzene rings is 2. The van der Waals surface area contributed by atoms with Crippen LogP contribution in [0.5, 0.6) is 0 Å². The first-order valence-electron chi connectivity index (χ1n) is 13.6. The maximum absolute atomic E-state index is 13.7. The number of nitrogens with zero attached hydrogens (tertiary/aromatic N) is 1. The summed E-state index contributed by atoms with van der Waals surface area (Å²) in [4.78, 5) is 44.4. The van der Waals surface area contributed by atoms with E-state index in [0.717, 1.165) is 37.4 Å². The third-order valence-electron chi connectivity index (χ3n) is 7.54. The van der Waals surface area contributed by atoms with Gasteiger partial charge in [-0.15, -0.1) is 11.8 Å². The zero-order chi connectivity index (χ0) is 29.4. The van der Waals surface area contributed by atoms with E-state index in [-0.39, 0.29) is 36.1 Å². The third kappa shape index (κ3) is 6.11. The van der Waals surface area contributed by atoms with Crippen LogP contribution in [0, 0.1) is 12.8 Å². The molecule has 2 unspecified atom stereocenters. The molecule has 0 radical (unpaired) electrons. The summed E-state index contributed by atoms with van der Waals surface area (Å²) >= 11 is 2.66. The Morgan fingerprint density at radius 1 is 1.25 bits per heavy atom. The fraction of sp³-hybridized carbons (Fsp3) is 0.484. The predicted molar refractivity (Wildman–Crippen MR) is 161 cm³/mol. The molecule has 2 atom stereocenters. The lowest BCUT2D eigenvalue weighted by molar-refractivity contribution is -0.176. The van der Waals surface area contributed by atoms with Crippen molar-refractivity contribution in [1.29, 1.82) is 0 Å². The van der Waals surface area contributed by atoms with Crippen LogP contribution >= 0.6 is 23.1 Å². The number of aliphatic hydroxyl groups is 1. The molecule has 0 aliphatic carbocycles. The van der Waals surface area contributed by atoms with Crippen molar-refractivity contribution in [3.05, 3.63) is 52.6 Å². The smallest absolute Gasteiger partial charge is 0.327 e. The van der Waals surface area contributed by atoms with E-state index in [2.05, 4.69) is 31.1 Å². The van der Waals surface area contributed by atoms with E-state index >= 15 is 0 Å². The molecule has 2 heterocycles. The number of aliphatic hydroxyl groups excluding tert-OH is 1. The third-order valence-corrected chi connectivity index (χ3v) is 9.80. The number of nitrogens with one attached hydrogen (secondary N) is 1. The lowest BCUT2D eigenvalue weighted by atomic mass is 9.78. The number of carbonyl (C=O) groups is 3. The molecule has 3 aromatic rings. The molecule has 2 aromatic carbocycles. The van der Waals surface area contributed by atoms with E-state index in [4.69, 9.17) is 4.74 Å². The first-order valence-corrected chi connectivity index (χ1v) is 15.3. The Bertz CT molecular complexity index is 1440. The van der Waals surface area contributed by atoms with Crippen molar-refractivity contribution in [2.75, 3.05) is 5.32 Å². The highest BCUT2D eigenvalue weighted by Crippen LogP contribution is 2.46. The van der Waals surface area contributed by atoms with Crippen LogP contribution < -0.4 is 5.32 Å². The number of thiazole rings is 1. The molecule has 1 saturated heterocycles. The van der Waals surface area contributed by atoms with E-state index in [1.165, 1.54) is 30.0 Å². The molecule has 214 valence electrons. The molecule has 9 heteroatoms. The van der Waals surface area contributed by atoms with E-state index in [0.29, 0.717) is 18.0 Å². The van der Waals surface area contributed by atoms with Crippen LogP contribution in [0.3, 0.4) is 0 Å². The monoisotopic (exact) mass is 582 g/mol. The summed E-state index contributed by atoms with van der Waals surface area (Å²) in [5.41, 5.74) is 3.34. The Balaban J connectivity index is 1.64. The van der Waals surface area contributed by atoms with E-state index < -0.39 is 16.8 Å². The van der Waals surface area contributed by atoms with Crippen molar-refractivity contribution in [2.45, 2.75) is 95.5 Å². The van der Waals surface area contributed by atoms with Gasteiger partial charge >= 0.3 is 5.97 Å². The number of ketones is 1. The molecule has 0 bridgehead atoms. The highest BCUT2D eigenvalue weighted by Gasteiger charge is 2.49. The number of ether oxygens (including phenoxy) is 1. The van der Waals surface area contributed by atoms with Crippen molar-refractivity contribution in [3.63, 3.8) is 0 Å². The highest BCUT2D eigenvalue weighted by molar-refractivity contribution is 8.01. The van der Waals surface area contributed by atoms with Crippen LogP contribution in [0.1, 0.15) is 76.6 Å². The number of hydrogen-bond donors (Lipinski definition) is 2. The number of thioether (sulfide) groups is 1. The van der Waals surface area contributed by atoms with Crippen molar-refractivity contribution in [1.82, 2.24) is 4.98 Å². The quantitative estimate of drug-likeness (QED) is 0.235. The molecular weight excluding hydrogens is 544 g/mol. The fourth-order valence-corrected chi connectivity index (χ4v) is 8.11. The average molecular weight is 583 g/mol. The zero-order valence-electron chi connectivity index (χ0n) is 24.2. The van der Waals surface area contributed by atoms with Gasteiger partial charge in [-0.25, -0.2) is 4.98 Å². The molecule has 1 fully saturated rings. The summed E-state index contributed by atoms with van der Waals surface area (Å²) in [5, 5.41) is 12.1. The Morgan fingerprint density at radius 3 is 2.50 bits per heavy atom. The largest absolute Gasteiger partial charge is 0.457 e. The van der Waals surface area contributed by atoms with Crippen LogP contribution in [-0.4, -0.2) is 38.6 Å². The summed E-state index contributed by atoms with van der Waals surface area (Å²) in [6.45, 7) is 13.6. The topological polar surface area (TPSA) is 106 Å². The van der Waals surface area contributed by atoms with E-state index in [1.807, 2.05) is 51.1 Å². The van der Waals surface area contributed by atoms with Crippen LogP contribution in [0.15, 0.2) is 35.2 Å². The second-order valence-corrected chi connectivity index (χ2v) is 14.0. The van der Waals surface area contributed by atoms with Gasteiger partial charge in [0.05, 0.1) is 16.8 Å². The summed E-state index contributed by atoms with van der Waals surface area (Å²) < 4.78 is 7.12. The van der Waals surface area contributed by atoms with Crippen molar-refractivity contribution < 1.29 is 24.2 Å². The van der Waals surface area contributed by atoms with Gasteiger partial charge in [-0.3, -0.25) is 14.4 Å². The Labute approximate surface area is 244 Å². The minimum Gasteiger partial charge on any atom is -0.457 e. The Hall–Kier alpha value is -2.75. The summed E-state index contributed by atoms with van der Waals surface area (Å²) in [5.74, 6) is -0.883. The molecule has 0 spiro atoms. The maximum Gasteiger partial charge on any atom is 0.327 e. The van der Waals surface area contributed by atoms with Gasteiger partial charge in [0.1, 0.15) is 5.60 Å². The van der Waals surface area contributed by atoms with Gasteiger partial charge in [0, 0.05) is 18.2 Å². The Kier molecular flexibility index (Phi) is 8.78. The number of anilines is 1. The molecular formula is C31H38N2O5S2. The number of aryl methyl sites for hydroxylation is 2. The second kappa shape index (κ2) is 11.6. The first kappa shape index (κ1) is 30.2. The minimum atomic E-state index is -0.961. The lowest BCUT2D eigenvalue weighted by Crippen LogP contribution is -2.52. The molecule has 2 N–H and O–H groups in total. The lowest BCUT2D eigenvalue weighted by Gasteiger charge is -2.42. The standard InChI is InChI=1S/C31H38N2O5S2/c1-17(2)31(13-12-20-10-8-9-11-21(20)16-34)15-22(36)26(28(37)38-31)39-23-14-18(3)25-27(24(23)30(5,6)7)40-29(33-25)32-19(4)35/h8-11,14,17,26,34H,12-13,15-16H2,1-7H3,(H,32,33,35). The molecule has 40 heavy (non-hydrogen) atoms. The SMILES string of the molecule is CC(=O)Nc1nc2c(C)cc(SC3C(=O)CC(CCc4ccccc4CO)(C(C)C)OC3=O)c(C(C)(C)C)c2s1. The highest BCUT2D eigenvalue weighted by atomic mass is 32.2. The van der Waals surface area contributed by atoms with E-state index in [9.17, 15) is 19.5 Å². The number of carbonyl (C=O) groups excluding carboxylic acids is 3. The van der Waals surface area contributed by atoms with Gasteiger partial charge in [-0.05, 0) is 59.4 Å². The first-order chi connectivity index (χ1) is 18.8. The van der Waals surface area contributed by atoms with Crippen molar-refractivity contribution >= 4 is 56.1 Å². The van der Waals surface area contributed by atoms with Gasteiger partial charge < -0.3 is 15.2 Å². The van der Waals surface area contributed by atoms with Crippen LogP contribution in [0.2, 0.25) is 0 Å². The fourth-order valence-electron chi connectivity index (χ4n) is 5.31. The number of fused-ring (bicyclic) bond motifs is 1. The van der Waals surface area contributed by atoms with Crippen LogP contribution in [0.25, 0.3) is 10.2 Å². The van der Waals surface area contributed by atoms with Crippen molar-refractivity contribution in [3.8, 4) is 0 Å². The second-order valence-electron chi connectivity index (χ2n) is 11.9. The van der Waals surface area contributed by atoms with Gasteiger partial charge in [-0.2, -0.15) is 0 Å². The zero-order valence-corrected chi connectivity index (χ0v) is 25.8. The summed E-state index contributed by atoms with van der Waals surface area (Å²) in [6, 6.07) is 9.65. The number of rotatable bonds is 8. The number of cyclic esters (lactones) is 1. The predicted octanol–water partition coefficient (Wildman–Crippen LogP) is 6.36. The van der Waals surface area contributed by atoms with Gasteiger partial charge in [0.15, 0.2) is 16.2 Å². The van der Waals surface area contributed by atoms with Crippen molar-refractivity contribution in [2.24, 2.45) is 5.92 Å². The van der Waals surface area contributed by atoms with Gasteiger partial charge in [-0.1, -0.05) is 70.2 Å². The van der Waals surface area contributed by atoms with Gasteiger partial charge in [0.2, 0.25) is 5.91 Å². The molecule has 1 aromatic heterocycles. The normalized spacial score (nSPS) is 19.8. The van der Waals surface area contributed by atoms with E-state index in [1.54, 1.807) is 0 Å². The number of aromatic nitrogens is 1. The minimum absolute atomic E-state index is 0.0549. The number of hydrogen-bond acceptors (Lipinski definition) is 8. The molecule has 0 saturated carbocycles. The average Bonchev–Trinajstić information content (AvgIpc) is 3.27. The molecule has 1 amide bonds. The Morgan fingerprint density at radius 2 is 1.93 bits per heavy atom.